The molecule has 0 aliphatic heterocycles. The molecule has 0 atom stereocenters. The Morgan fingerprint density at radius 2 is 1.63 bits per heavy atom. The van der Waals surface area contributed by atoms with Gasteiger partial charge in [0.15, 0.2) is 0 Å². The number of benzene rings is 2. The highest BCUT2D eigenvalue weighted by molar-refractivity contribution is 5.81. The van der Waals surface area contributed by atoms with E-state index in [0.717, 1.165) is 23.4 Å². The van der Waals surface area contributed by atoms with Gasteiger partial charge in [0.05, 0.1) is 5.69 Å². The molecule has 2 aromatic rings. The van der Waals surface area contributed by atoms with E-state index < -0.39 is 0 Å². The lowest BCUT2D eigenvalue weighted by molar-refractivity contribution is 1.17. The molecule has 19 heavy (non-hydrogen) atoms. The van der Waals surface area contributed by atoms with E-state index >= 15 is 0 Å². The minimum absolute atomic E-state index is 0.941. The zero-order valence-electron chi connectivity index (χ0n) is 11.1. The molecule has 0 bridgehead atoms. The number of hydrogen-bond acceptors (Lipinski definition) is 2. The topological polar surface area (TPSA) is 24.4 Å². The fourth-order valence-electron chi connectivity index (χ4n) is 1.61. The van der Waals surface area contributed by atoms with E-state index in [1.807, 2.05) is 73.1 Å². The summed E-state index contributed by atoms with van der Waals surface area (Å²) in [6, 6.07) is 20.1. The number of rotatable bonds is 5. The fraction of sp³-hybridized carbons (Fsp3) is 0.118. The van der Waals surface area contributed by atoms with E-state index in [2.05, 4.69) is 17.2 Å². The molecule has 0 saturated carbocycles. The van der Waals surface area contributed by atoms with Gasteiger partial charge in [0.25, 0.3) is 0 Å². The molecule has 0 fully saturated rings. The van der Waals surface area contributed by atoms with Gasteiger partial charge >= 0.3 is 0 Å². The predicted molar refractivity (Wildman–Crippen MR) is 83.0 cm³/mol. The average Bonchev–Trinajstić information content (AvgIpc) is 2.49. The zero-order chi connectivity index (χ0) is 13.3. The zero-order valence-corrected chi connectivity index (χ0v) is 11.1. The van der Waals surface area contributed by atoms with Crippen LogP contribution in [0.1, 0.15) is 13.3 Å². The van der Waals surface area contributed by atoms with Gasteiger partial charge in [0.2, 0.25) is 0 Å². The van der Waals surface area contributed by atoms with Crippen LogP contribution in [0.3, 0.4) is 0 Å². The Bertz CT molecular complexity index is 542. The van der Waals surface area contributed by atoms with Gasteiger partial charge in [-0.15, -0.1) is 0 Å². The second-order valence-electron chi connectivity index (χ2n) is 4.18. The summed E-state index contributed by atoms with van der Waals surface area (Å²) < 4.78 is 0. The van der Waals surface area contributed by atoms with Crippen LogP contribution in [0.5, 0.6) is 0 Å². The number of allylic oxidation sites excluding steroid dienone is 1. The Kier molecular flexibility index (Phi) is 4.94. The van der Waals surface area contributed by atoms with E-state index in [9.17, 15) is 0 Å². The number of aliphatic imine (C=N–C) groups is 1. The Labute approximate surface area is 114 Å². The Hall–Kier alpha value is -2.35. The van der Waals surface area contributed by atoms with Gasteiger partial charge in [-0.2, -0.15) is 0 Å². The van der Waals surface area contributed by atoms with Gasteiger partial charge in [-0.1, -0.05) is 43.3 Å². The Morgan fingerprint density at radius 3 is 2.26 bits per heavy atom. The molecule has 0 radical (unpaired) electrons. The third kappa shape index (κ3) is 4.43. The highest BCUT2D eigenvalue weighted by Gasteiger charge is 1.91. The van der Waals surface area contributed by atoms with E-state index in [1.165, 1.54) is 0 Å². The molecule has 0 amide bonds. The molecule has 0 aromatic heterocycles. The second-order valence-corrected chi connectivity index (χ2v) is 4.18. The first-order valence-electron chi connectivity index (χ1n) is 6.48. The van der Waals surface area contributed by atoms with Crippen molar-refractivity contribution in [3.8, 4) is 0 Å². The van der Waals surface area contributed by atoms with Crippen molar-refractivity contribution in [3.63, 3.8) is 0 Å². The minimum atomic E-state index is 0.941. The molecule has 0 saturated heterocycles. The predicted octanol–water partition coefficient (Wildman–Crippen LogP) is 4.79. The first kappa shape index (κ1) is 13.1. The SMILES string of the molecule is CCC(C=Nc1ccccc1)=CNc1ccccc1. The van der Waals surface area contributed by atoms with Crippen molar-refractivity contribution in [3.05, 3.63) is 72.4 Å². The maximum Gasteiger partial charge on any atom is 0.0629 e. The molecule has 2 heteroatoms. The van der Waals surface area contributed by atoms with Crippen LogP contribution in [-0.4, -0.2) is 6.21 Å². The summed E-state index contributed by atoms with van der Waals surface area (Å²) in [7, 11) is 0. The summed E-state index contributed by atoms with van der Waals surface area (Å²) in [5, 5.41) is 3.28. The van der Waals surface area contributed by atoms with Crippen LogP contribution in [0.2, 0.25) is 0 Å². The van der Waals surface area contributed by atoms with Crippen LogP contribution in [0.25, 0.3) is 0 Å². The summed E-state index contributed by atoms with van der Waals surface area (Å²) in [5.41, 5.74) is 3.22. The molecular weight excluding hydrogens is 232 g/mol. The summed E-state index contributed by atoms with van der Waals surface area (Å²) in [5.74, 6) is 0. The molecule has 2 aromatic carbocycles. The van der Waals surface area contributed by atoms with Crippen LogP contribution < -0.4 is 5.32 Å². The van der Waals surface area contributed by atoms with Crippen molar-refractivity contribution in [1.29, 1.82) is 0 Å². The maximum atomic E-state index is 4.46. The maximum absolute atomic E-state index is 4.46. The first-order chi connectivity index (χ1) is 9.38. The van der Waals surface area contributed by atoms with Crippen molar-refractivity contribution < 1.29 is 0 Å². The first-order valence-corrected chi connectivity index (χ1v) is 6.48. The van der Waals surface area contributed by atoms with Crippen LogP contribution in [0.15, 0.2) is 77.4 Å². The molecule has 0 spiro atoms. The quantitative estimate of drug-likeness (QED) is 0.758. The smallest absolute Gasteiger partial charge is 0.0629 e. The minimum Gasteiger partial charge on any atom is -0.361 e. The monoisotopic (exact) mass is 250 g/mol. The highest BCUT2D eigenvalue weighted by Crippen LogP contribution is 2.11. The molecule has 0 heterocycles. The van der Waals surface area contributed by atoms with Crippen molar-refractivity contribution in [2.24, 2.45) is 4.99 Å². The van der Waals surface area contributed by atoms with Crippen molar-refractivity contribution in [2.45, 2.75) is 13.3 Å². The molecule has 2 nitrogen and oxygen atoms in total. The van der Waals surface area contributed by atoms with Gasteiger partial charge in [0.1, 0.15) is 0 Å². The van der Waals surface area contributed by atoms with Gasteiger partial charge in [0, 0.05) is 18.1 Å². The van der Waals surface area contributed by atoms with Crippen LogP contribution in [0.4, 0.5) is 11.4 Å². The summed E-state index contributed by atoms with van der Waals surface area (Å²) in [4.78, 5) is 4.46. The van der Waals surface area contributed by atoms with E-state index in [1.54, 1.807) is 0 Å². The molecule has 2 rings (SSSR count). The number of hydrogen-bond donors (Lipinski definition) is 1. The summed E-state index contributed by atoms with van der Waals surface area (Å²) in [6.07, 6.45) is 4.85. The molecule has 0 unspecified atom stereocenters. The van der Waals surface area contributed by atoms with Gasteiger partial charge < -0.3 is 5.32 Å². The number of anilines is 1. The fourth-order valence-corrected chi connectivity index (χ4v) is 1.61. The van der Waals surface area contributed by atoms with Gasteiger partial charge in [-0.05, 0) is 36.3 Å². The third-order valence-corrected chi connectivity index (χ3v) is 2.74. The lowest BCUT2D eigenvalue weighted by Crippen LogP contribution is -1.92. The number of nitrogens with one attached hydrogen (secondary N) is 1. The van der Waals surface area contributed by atoms with E-state index in [4.69, 9.17) is 0 Å². The van der Waals surface area contributed by atoms with Gasteiger partial charge in [-0.25, -0.2) is 0 Å². The second kappa shape index (κ2) is 7.17. The van der Waals surface area contributed by atoms with Crippen LogP contribution in [0, 0.1) is 0 Å². The molecule has 0 aliphatic rings. The largest absolute Gasteiger partial charge is 0.361 e. The normalized spacial score (nSPS) is 11.7. The molecular formula is C17H18N2. The van der Waals surface area contributed by atoms with Crippen LogP contribution in [-0.2, 0) is 0 Å². The Morgan fingerprint density at radius 1 is 1.00 bits per heavy atom. The lowest BCUT2D eigenvalue weighted by Gasteiger charge is -2.02. The number of nitrogens with zero attached hydrogens (tertiary/aromatic N) is 1. The molecule has 96 valence electrons. The van der Waals surface area contributed by atoms with Crippen molar-refractivity contribution in [2.75, 3.05) is 5.32 Å². The number of para-hydroxylation sites is 2. The summed E-state index contributed by atoms with van der Waals surface area (Å²) >= 11 is 0. The summed E-state index contributed by atoms with van der Waals surface area (Å²) in [6.45, 7) is 2.12. The van der Waals surface area contributed by atoms with E-state index in [0.29, 0.717) is 0 Å². The standard InChI is InChI=1S/C17H18N2/c1-2-15(13-18-16-9-5-3-6-10-16)14-19-17-11-7-4-8-12-17/h3-14,18H,2H2,1H3. The lowest BCUT2D eigenvalue weighted by atomic mass is 10.2. The third-order valence-electron chi connectivity index (χ3n) is 2.74. The van der Waals surface area contributed by atoms with Crippen LogP contribution >= 0.6 is 0 Å². The van der Waals surface area contributed by atoms with Gasteiger partial charge in [-0.3, -0.25) is 4.99 Å². The molecule has 0 aliphatic carbocycles. The van der Waals surface area contributed by atoms with Crippen molar-refractivity contribution in [1.82, 2.24) is 0 Å². The Balaban J connectivity index is 2.02. The van der Waals surface area contributed by atoms with E-state index in [-0.39, 0.29) is 0 Å². The molecule has 1 N–H and O–H groups in total. The average molecular weight is 250 g/mol. The highest BCUT2D eigenvalue weighted by atomic mass is 14.8. The van der Waals surface area contributed by atoms with Crippen molar-refractivity contribution >= 4 is 17.6 Å².